The molecular weight excluding hydrogens is 236 g/mol. The Hall–Kier alpha value is -2.16. The first-order valence-corrected chi connectivity index (χ1v) is 6.57. The molecule has 2 heterocycles. The lowest BCUT2D eigenvalue weighted by Gasteiger charge is -2.16. The maximum absolute atomic E-state index is 12.4. The number of rotatable bonds is 3. The first-order chi connectivity index (χ1) is 9.34. The van der Waals surface area contributed by atoms with E-state index in [-0.39, 0.29) is 11.8 Å². The third-order valence-electron chi connectivity index (χ3n) is 3.62. The van der Waals surface area contributed by atoms with Gasteiger partial charge in [-0.25, -0.2) is 0 Å². The van der Waals surface area contributed by atoms with Gasteiger partial charge in [-0.05, 0) is 29.7 Å². The van der Waals surface area contributed by atoms with Crippen LogP contribution in [0.15, 0.2) is 54.9 Å². The number of pyridine rings is 1. The van der Waals surface area contributed by atoms with Crippen molar-refractivity contribution in [3.05, 3.63) is 66.0 Å². The van der Waals surface area contributed by atoms with Gasteiger partial charge >= 0.3 is 0 Å². The molecule has 1 aromatic heterocycles. The van der Waals surface area contributed by atoms with E-state index in [2.05, 4.69) is 4.98 Å². The maximum atomic E-state index is 12.4. The zero-order valence-corrected chi connectivity index (χ0v) is 10.7. The van der Waals surface area contributed by atoms with E-state index in [4.69, 9.17) is 0 Å². The first kappa shape index (κ1) is 11.9. The van der Waals surface area contributed by atoms with Crippen molar-refractivity contribution < 1.29 is 4.79 Å². The summed E-state index contributed by atoms with van der Waals surface area (Å²) in [5.41, 5.74) is 2.27. The summed E-state index contributed by atoms with van der Waals surface area (Å²) in [4.78, 5) is 18.4. The summed E-state index contributed by atoms with van der Waals surface area (Å²) in [6.45, 7) is 1.52. The Labute approximate surface area is 112 Å². The molecule has 19 heavy (non-hydrogen) atoms. The lowest BCUT2D eigenvalue weighted by atomic mass is 9.98. The molecule has 0 N–H and O–H groups in total. The van der Waals surface area contributed by atoms with Crippen LogP contribution in [0.3, 0.4) is 0 Å². The molecule has 96 valence electrons. The van der Waals surface area contributed by atoms with E-state index < -0.39 is 0 Å². The van der Waals surface area contributed by atoms with Crippen LogP contribution in [0.5, 0.6) is 0 Å². The van der Waals surface area contributed by atoms with Gasteiger partial charge < -0.3 is 4.90 Å². The number of carbonyl (C=O) groups excluding carboxylic acids is 1. The average Bonchev–Trinajstić information content (AvgIpc) is 2.82. The predicted molar refractivity (Wildman–Crippen MR) is 73.5 cm³/mol. The molecule has 1 aromatic carbocycles. The molecule has 3 nitrogen and oxygen atoms in total. The minimum Gasteiger partial charge on any atom is -0.338 e. The van der Waals surface area contributed by atoms with Crippen LogP contribution in [0.1, 0.15) is 23.5 Å². The van der Waals surface area contributed by atoms with Crippen LogP contribution < -0.4 is 0 Å². The van der Waals surface area contributed by atoms with Crippen LogP contribution in [0.4, 0.5) is 0 Å². The van der Waals surface area contributed by atoms with E-state index in [9.17, 15) is 4.79 Å². The number of hydrogen-bond donors (Lipinski definition) is 0. The van der Waals surface area contributed by atoms with Gasteiger partial charge in [-0.2, -0.15) is 0 Å². The van der Waals surface area contributed by atoms with Crippen molar-refractivity contribution in [1.82, 2.24) is 9.88 Å². The highest BCUT2D eigenvalue weighted by Crippen LogP contribution is 2.29. The summed E-state index contributed by atoms with van der Waals surface area (Å²) in [5, 5.41) is 0. The van der Waals surface area contributed by atoms with Crippen molar-refractivity contribution in [2.45, 2.75) is 18.9 Å². The highest BCUT2D eigenvalue weighted by Gasteiger charge is 2.32. The summed E-state index contributed by atoms with van der Waals surface area (Å²) in [5.74, 6) is 0.269. The summed E-state index contributed by atoms with van der Waals surface area (Å²) >= 11 is 0. The van der Waals surface area contributed by atoms with Crippen LogP contribution in [0, 0.1) is 0 Å². The fourth-order valence-corrected chi connectivity index (χ4v) is 2.60. The van der Waals surface area contributed by atoms with Crippen molar-refractivity contribution in [3.8, 4) is 0 Å². The van der Waals surface area contributed by atoms with E-state index in [1.807, 2.05) is 47.4 Å². The highest BCUT2D eigenvalue weighted by molar-refractivity contribution is 5.85. The standard InChI is InChI=1S/C16H16N2O/c19-16-15(14-4-2-1-3-5-14)8-11-18(16)12-13-6-9-17-10-7-13/h1-7,9-10,15H,8,11-12H2. The molecule has 0 bridgehead atoms. The number of hydrogen-bond acceptors (Lipinski definition) is 2. The number of nitrogens with zero attached hydrogens (tertiary/aromatic N) is 2. The molecular formula is C16H16N2O. The van der Waals surface area contributed by atoms with Gasteiger partial charge in [0.15, 0.2) is 0 Å². The molecule has 1 unspecified atom stereocenters. The molecule has 3 heteroatoms. The van der Waals surface area contributed by atoms with Crippen molar-refractivity contribution in [2.75, 3.05) is 6.54 Å². The van der Waals surface area contributed by atoms with Gasteiger partial charge in [-0.3, -0.25) is 9.78 Å². The zero-order valence-electron chi connectivity index (χ0n) is 10.7. The Bertz CT molecular complexity index is 553. The van der Waals surface area contributed by atoms with Crippen molar-refractivity contribution >= 4 is 5.91 Å². The predicted octanol–water partition coefficient (Wildman–Crippen LogP) is 2.60. The normalized spacial score (nSPS) is 18.8. The van der Waals surface area contributed by atoms with Gasteiger partial charge in [0.05, 0.1) is 5.92 Å². The van der Waals surface area contributed by atoms with Crippen molar-refractivity contribution in [3.63, 3.8) is 0 Å². The van der Waals surface area contributed by atoms with E-state index in [1.54, 1.807) is 12.4 Å². The van der Waals surface area contributed by atoms with Crippen LogP contribution in [-0.2, 0) is 11.3 Å². The summed E-state index contributed by atoms with van der Waals surface area (Å²) in [6.07, 6.45) is 4.45. The van der Waals surface area contributed by atoms with Crippen LogP contribution >= 0.6 is 0 Å². The van der Waals surface area contributed by atoms with E-state index in [1.165, 1.54) is 0 Å². The summed E-state index contributed by atoms with van der Waals surface area (Å²) in [6, 6.07) is 14.0. The number of likely N-dealkylation sites (tertiary alicyclic amines) is 1. The lowest BCUT2D eigenvalue weighted by molar-refractivity contribution is -0.129. The second-order valence-electron chi connectivity index (χ2n) is 4.87. The van der Waals surface area contributed by atoms with Crippen LogP contribution in [0.2, 0.25) is 0 Å². The van der Waals surface area contributed by atoms with Gasteiger partial charge in [-0.15, -0.1) is 0 Å². The Balaban J connectivity index is 1.73. The smallest absolute Gasteiger partial charge is 0.230 e. The molecule has 1 saturated heterocycles. The second kappa shape index (κ2) is 5.22. The van der Waals surface area contributed by atoms with Gasteiger partial charge in [0, 0.05) is 25.5 Å². The minimum absolute atomic E-state index is 0.0306. The lowest BCUT2D eigenvalue weighted by Crippen LogP contribution is -2.26. The summed E-state index contributed by atoms with van der Waals surface area (Å²) in [7, 11) is 0. The molecule has 0 spiro atoms. The van der Waals surface area contributed by atoms with Gasteiger partial charge in [0.25, 0.3) is 0 Å². The number of carbonyl (C=O) groups is 1. The molecule has 1 aliphatic heterocycles. The number of aromatic nitrogens is 1. The molecule has 0 radical (unpaired) electrons. The second-order valence-corrected chi connectivity index (χ2v) is 4.87. The first-order valence-electron chi connectivity index (χ1n) is 6.57. The quantitative estimate of drug-likeness (QED) is 0.841. The van der Waals surface area contributed by atoms with Gasteiger partial charge in [-0.1, -0.05) is 30.3 Å². The SMILES string of the molecule is O=C1C(c2ccccc2)CCN1Cc1ccncc1. The third-order valence-corrected chi connectivity index (χ3v) is 3.62. The fraction of sp³-hybridized carbons (Fsp3) is 0.250. The van der Waals surface area contributed by atoms with Crippen LogP contribution in [-0.4, -0.2) is 22.3 Å². The Morgan fingerprint density at radius 1 is 1.11 bits per heavy atom. The third kappa shape index (κ3) is 2.50. The Kier molecular flexibility index (Phi) is 3.27. The topological polar surface area (TPSA) is 33.2 Å². The molecule has 1 aliphatic rings. The fourth-order valence-electron chi connectivity index (χ4n) is 2.60. The molecule has 2 aromatic rings. The highest BCUT2D eigenvalue weighted by atomic mass is 16.2. The monoisotopic (exact) mass is 252 g/mol. The molecule has 3 rings (SSSR count). The molecule has 0 aliphatic carbocycles. The maximum Gasteiger partial charge on any atom is 0.230 e. The molecule has 1 atom stereocenters. The van der Waals surface area contributed by atoms with E-state index >= 15 is 0 Å². The minimum atomic E-state index is 0.0306. The molecule has 0 saturated carbocycles. The van der Waals surface area contributed by atoms with Crippen molar-refractivity contribution in [1.29, 1.82) is 0 Å². The molecule has 1 amide bonds. The number of amides is 1. The average molecular weight is 252 g/mol. The molecule has 1 fully saturated rings. The van der Waals surface area contributed by atoms with Crippen molar-refractivity contribution in [2.24, 2.45) is 0 Å². The van der Waals surface area contributed by atoms with Gasteiger partial charge in [0.1, 0.15) is 0 Å². The number of benzene rings is 1. The largest absolute Gasteiger partial charge is 0.338 e. The Morgan fingerprint density at radius 3 is 2.58 bits per heavy atom. The zero-order chi connectivity index (χ0) is 13.1. The van der Waals surface area contributed by atoms with Gasteiger partial charge in [0.2, 0.25) is 5.91 Å². The van der Waals surface area contributed by atoms with E-state index in [0.717, 1.165) is 24.1 Å². The van der Waals surface area contributed by atoms with Crippen LogP contribution in [0.25, 0.3) is 0 Å². The summed E-state index contributed by atoms with van der Waals surface area (Å²) < 4.78 is 0. The van der Waals surface area contributed by atoms with E-state index in [0.29, 0.717) is 6.54 Å². The Morgan fingerprint density at radius 2 is 1.84 bits per heavy atom.